The summed E-state index contributed by atoms with van der Waals surface area (Å²) in [4.78, 5) is 9.83. The van der Waals surface area contributed by atoms with Crippen molar-refractivity contribution in [2.45, 2.75) is 17.9 Å². The third-order valence-corrected chi connectivity index (χ3v) is 4.15. The van der Waals surface area contributed by atoms with Gasteiger partial charge in [0.2, 0.25) is 10.0 Å². The molecule has 0 amide bonds. The van der Waals surface area contributed by atoms with Gasteiger partial charge in [0.25, 0.3) is 5.69 Å². The van der Waals surface area contributed by atoms with E-state index in [-0.39, 0.29) is 17.5 Å². The molecule has 2 N–H and O–H groups in total. The van der Waals surface area contributed by atoms with E-state index in [0.29, 0.717) is 5.69 Å². The molecule has 0 aliphatic rings. The van der Waals surface area contributed by atoms with Crippen LogP contribution in [-0.2, 0) is 14.8 Å². The Morgan fingerprint density at radius 2 is 2.10 bits per heavy atom. The summed E-state index contributed by atoms with van der Waals surface area (Å²) in [5, 5.41) is 13.7. The second-order valence-electron chi connectivity index (χ2n) is 4.09. The SMILES string of the molecule is CNc1ccc([N+](=O)[O-])c(S(=O)(=O)NCC(C)OC)c1. The molecule has 1 rings (SSSR count). The van der Waals surface area contributed by atoms with Gasteiger partial charge in [0.05, 0.1) is 11.0 Å². The lowest BCUT2D eigenvalue weighted by Gasteiger charge is -2.12. The predicted molar refractivity (Wildman–Crippen MR) is 74.3 cm³/mol. The van der Waals surface area contributed by atoms with Crippen molar-refractivity contribution in [1.29, 1.82) is 0 Å². The average molecular weight is 303 g/mol. The molecular formula is C11H17N3O5S. The van der Waals surface area contributed by atoms with Crippen LogP contribution in [0.25, 0.3) is 0 Å². The van der Waals surface area contributed by atoms with Gasteiger partial charge < -0.3 is 10.1 Å². The molecule has 1 atom stereocenters. The van der Waals surface area contributed by atoms with Gasteiger partial charge in [0.1, 0.15) is 0 Å². The van der Waals surface area contributed by atoms with Gasteiger partial charge in [-0.25, -0.2) is 13.1 Å². The summed E-state index contributed by atoms with van der Waals surface area (Å²) < 4.78 is 31.5. The number of nitrogens with zero attached hydrogens (tertiary/aromatic N) is 1. The van der Waals surface area contributed by atoms with E-state index in [1.807, 2.05) is 0 Å². The molecular weight excluding hydrogens is 286 g/mol. The Balaban J connectivity index is 3.18. The molecule has 0 heterocycles. The van der Waals surface area contributed by atoms with E-state index in [9.17, 15) is 18.5 Å². The Bertz CT molecular complexity index is 588. The number of nitro benzene ring substituents is 1. The zero-order chi connectivity index (χ0) is 15.3. The fourth-order valence-corrected chi connectivity index (χ4v) is 2.73. The molecule has 0 bridgehead atoms. The molecule has 1 aromatic carbocycles. The number of anilines is 1. The molecule has 0 radical (unpaired) electrons. The summed E-state index contributed by atoms with van der Waals surface area (Å²) in [5.41, 5.74) is -0.00247. The van der Waals surface area contributed by atoms with Crippen LogP contribution in [0.15, 0.2) is 23.1 Å². The normalized spacial score (nSPS) is 12.9. The quantitative estimate of drug-likeness (QED) is 0.573. The van der Waals surface area contributed by atoms with Crippen LogP contribution < -0.4 is 10.0 Å². The van der Waals surface area contributed by atoms with Crippen LogP contribution in [0.4, 0.5) is 11.4 Å². The smallest absolute Gasteiger partial charge is 0.289 e. The number of nitro groups is 1. The highest BCUT2D eigenvalue weighted by Crippen LogP contribution is 2.26. The second-order valence-corrected chi connectivity index (χ2v) is 5.82. The average Bonchev–Trinajstić information content (AvgIpc) is 2.43. The van der Waals surface area contributed by atoms with E-state index in [0.717, 1.165) is 6.07 Å². The van der Waals surface area contributed by atoms with Crippen molar-refractivity contribution in [2.24, 2.45) is 0 Å². The summed E-state index contributed by atoms with van der Waals surface area (Å²) in [6, 6.07) is 3.81. The van der Waals surface area contributed by atoms with Gasteiger partial charge in [-0.2, -0.15) is 0 Å². The van der Waals surface area contributed by atoms with E-state index in [2.05, 4.69) is 10.0 Å². The molecule has 0 saturated carbocycles. The minimum Gasteiger partial charge on any atom is -0.388 e. The van der Waals surface area contributed by atoms with Gasteiger partial charge in [-0.05, 0) is 19.1 Å². The topological polar surface area (TPSA) is 111 Å². The van der Waals surface area contributed by atoms with E-state index >= 15 is 0 Å². The third-order valence-electron chi connectivity index (χ3n) is 2.70. The van der Waals surface area contributed by atoms with Crippen molar-refractivity contribution in [3.8, 4) is 0 Å². The number of benzene rings is 1. The first-order valence-electron chi connectivity index (χ1n) is 5.80. The summed E-state index contributed by atoms with van der Waals surface area (Å²) in [7, 11) is -0.943. The van der Waals surface area contributed by atoms with Gasteiger partial charge in [0.15, 0.2) is 4.90 Å². The molecule has 0 aliphatic carbocycles. The van der Waals surface area contributed by atoms with Crippen molar-refractivity contribution >= 4 is 21.4 Å². The van der Waals surface area contributed by atoms with Crippen LogP contribution in [0.5, 0.6) is 0 Å². The van der Waals surface area contributed by atoms with Gasteiger partial charge >= 0.3 is 0 Å². The standard InChI is InChI=1S/C11H17N3O5S/c1-8(19-3)7-13-20(17,18)11-6-9(12-2)4-5-10(11)14(15)16/h4-6,8,12-13H,7H2,1-3H3. The maximum absolute atomic E-state index is 12.1. The Morgan fingerprint density at radius 1 is 1.45 bits per heavy atom. The lowest BCUT2D eigenvalue weighted by Crippen LogP contribution is -2.32. The number of ether oxygens (including phenoxy) is 1. The van der Waals surface area contributed by atoms with Crippen LogP contribution in [0, 0.1) is 10.1 Å². The number of sulfonamides is 1. The van der Waals surface area contributed by atoms with Crippen LogP contribution in [0.1, 0.15) is 6.92 Å². The van der Waals surface area contributed by atoms with Crippen molar-refractivity contribution in [2.75, 3.05) is 26.0 Å². The number of hydrogen-bond acceptors (Lipinski definition) is 6. The van der Waals surface area contributed by atoms with Crippen molar-refractivity contribution in [1.82, 2.24) is 4.72 Å². The molecule has 9 heteroatoms. The van der Waals surface area contributed by atoms with Crippen molar-refractivity contribution in [3.05, 3.63) is 28.3 Å². The maximum atomic E-state index is 12.1. The largest absolute Gasteiger partial charge is 0.388 e. The number of nitrogens with one attached hydrogen (secondary N) is 2. The number of methoxy groups -OCH3 is 1. The summed E-state index contributed by atoms with van der Waals surface area (Å²) in [6.45, 7) is 1.71. The van der Waals surface area contributed by atoms with Gasteiger partial charge in [-0.1, -0.05) is 0 Å². The zero-order valence-electron chi connectivity index (χ0n) is 11.4. The molecule has 20 heavy (non-hydrogen) atoms. The highest BCUT2D eigenvalue weighted by Gasteiger charge is 2.26. The molecule has 0 aromatic heterocycles. The molecule has 8 nitrogen and oxygen atoms in total. The fraction of sp³-hybridized carbons (Fsp3) is 0.455. The fourth-order valence-electron chi connectivity index (χ4n) is 1.42. The van der Waals surface area contributed by atoms with Crippen LogP contribution in [0.3, 0.4) is 0 Å². The van der Waals surface area contributed by atoms with Crippen LogP contribution >= 0.6 is 0 Å². The van der Waals surface area contributed by atoms with Gasteiger partial charge in [-0.3, -0.25) is 10.1 Å². The van der Waals surface area contributed by atoms with Crippen molar-refractivity contribution < 1.29 is 18.1 Å². The lowest BCUT2D eigenvalue weighted by atomic mass is 10.3. The van der Waals surface area contributed by atoms with E-state index in [1.165, 1.54) is 19.2 Å². The van der Waals surface area contributed by atoms with Crippen LogP contribution in [0.2, 0.25) is 0 Å². The maximum Gasteiger partial charge on any atom is 0.289 e. The molecule has 1 unspecified atom stereocenters. The minimum atomic E-state index is -3.99. The highest BCUT2D eigenvalue weighted by molar-refractivity contribution is 7.89. The molecule has 0 fully saturated rings. The van der Waals surface area contributed by atoms with Crippen LogP contribution in [-0.4, -0.2) is 40.1 Å². The molecule has 1 aromatic rings. The van der Waals surface area contributed by atoms with E-state index in [4.69, 9.17) is 4.74 Å². The minimum absolute atomic E-state index is 0.0275. The zero-order valence-corrected chi connectivity index (χ0v) is 12.2. The first kappa shape index (κ1) is 16.3. The predicted octanol–water partition coefficient (Wildman–Crippen LogP) is 0.950. The summed E-state index contributed by atoms with van der Waals surface area (Å²) in [6.07, 6.45) is -0.337. The van der Waals surface area contributed by atoms with E-state index < -0.39 is 20.6 Å². The van der Waals surface area contributed by atoms with E-state index in [1.54, 1.807) is 14.0 Å². The summed E-state index contributed by atoms with van der Waals surface area (Å²) >= 11 is 0. The monoisotopic (exact) mass is 303 g/mol. The Morgan fingerprint density at radius 3 is 2.60 bits per heavy atom. The van der Waals surface area contributed by atoms with Gasteiger partial charge in [0, 0.05) is 32.5 Å². The molecule has 0 saturated heterocycles. The summed E-state index contributed by atoms with van der Waals surface area (Å²) in [5.74, 6) is 0. The first-order valence-corrected chi connectivity index (χ1v) is 7.28. The second kappa shape index (κ2) is 6.64. The number of rotatable bonds is 7. The third kappa shape index (κ3) is 3.89. The Hall–Kier alpha value is -1.71. The molecule has 0 aliphatic heterocycles. The lowest BCUT2D eigenvalue weighted by molar-refractivity contribution is -0.387. The molecule has 112 valence electrons. The molecule has 0 spiro atoms. The van der Waals surface area contributed by atoms with Gasteiger partial charge in [-0.15, -0.1) is 0 Å². The first-order chi connectivity index (χ1) is 9.31. The van der Waals surface area contributed by atoms with Crippen molar-refractivity contribution in [3.63, 3.8) is 0 Å². The highest BCUT2D eigenvalue weighted by atomic mass is 32.2. The Kier molecular flexibility index (Phi) is 5.43. The number of hydrogen-bond donors (Lipinski definition) is 2. The Labute approximate surface area is 117 Å².